The fourth-order valence-corrected chi connectivity index (χ4v) is 3.71. The van der Waals surface area contributed by atoms with Gasteiger partial charge in [0.05, 0.1) is 5.51 Å². The maximum Gasteiger partial charge on any atom is 0.228 e. The van der Waals surface area contributed by atoms with E-state index < -0.39 is 0 Å². The van der Waals surface area contributed by atoms with Crippen LogP contribution in [0.15, 0.2) is 35.8 Å². The van der Waals surface area contributed by atoms with Gasteiger partial charge in [0.15, 0.2) is 0 Å². The lowest BCUT2D eigenvalue weighted by Crippen LogP contribution is -2.29. The summed E-state index contributed by atoms with van der Waals surface area (Å²) in [5.74, 6) is 0.447. The van der Waals surface area contributed by atoms with Crippen LogP contribution < -0.4 is 11.1 Å². The van der Waals surface area contributed by atoms with Gasteiger partial charge in [-0.2, -0.15) is 0 Å². The van der Waals surface area contributed by atoms with Gasteiger partial charge in [-0.25, -0.2) is 4.98 Å². The molecule has 0 spiro atoms. The first-order valence-electron chi connectivity index (χ1n) is 7.29. The predicted octanol–water partition coefficient (Wildman–Crippen LogP) is 3.12. The lowest BCUT2D eigenvalue weighted by atomic mass is 9.95. The summed E-state index contributed by atoms with van der Waals surface area (Å²) in [7, 11) is 0. The number of carbonyl (C=O) groups is 1. The van der Waals surface area contributed by atoms with E-state index in [0.29, 0.717) is 12.5 Å². The molecule has 1 fully saturated rings. The fourth-order valence-electron chi connectivity index (χ4n) is 3.01. The van der Waals surface area contributed by atoms with Crippen molar-refractivity contribution in [1.82, 2.24) is 4.98 Å². The molecule has 2 atom stereocenters. The van der Waals surface area contributed by atoms with Crippen LogP contribution in [0.5, 0.6) is 0 Å². The largest absolute Gasteiger partial charge is 0.330 e. The molecule has 110 valence electrons. The molecule has 3 rings (SSSR count). The molecule has 2 aromatic rings. The van der Waals surface area contributed by atoms with E-state index in [9.17, 15) is 4.79 Å². The molecule has 0 unspecified atom stereocenters. The molecule has 0 radical (unpaired) electrons. The Kier molecular flexibility index (Phi) is 4.31. The smallest absolute Gasteiger partial charge is 0.228 e. The third-order valence-electron chi connectivity index (χ3n) is 4.15. The molecule has 5 heteroatoms. The van der Waals surface area contributed by atoms with Crippen LogP contribution >= 0.6 is 11.3 Å². The van der Waals surface area contributed by atoms with E-state index in [1.807, 2.05) is 30.3 Å². The molecule has 0 bridgehead atoms. The molecule has 4 nitrogen and oxygen atoms in total. The Bertz CT molecular complexity index is 611. The van der Waals surface area contributed by atoms with Crippen molar-refractivity contribution in [3.05, 3.63) is 35.8 Å². The number of aromatic nitrogens is 1. The number of nitrogens with one attached hydrogen (secondary N) is 1. The first-order chi connectivity index (χ1) is 10.3. The van der Waals surface area contributed by atoms with E-state index in [2.05, 4.69) is 10.3 Å². The number of benzene rings is 1. The topological polar surface area (TPSA) is 68.0 Å². The highest BCUT2D eigenvalue weighted by Gasteiger charge is 2.32. The molecule has 1 aromatic heterocycles. The van der Waals surface area contributed by atoms with Crippen molar-refractivity contribution in [2.24, 2.45) is 17.6 Å². The van der Waals surface area contributed by atoms with E-state index in [1.54, 1.807) is 5.51 Å². The fraction of sp³-hybridized carbons (Fsp3) is 0.375. The SMILES string of the molecule is NC[C@H]1CCC[C@H]1C(=O)Nc1scnc1-c1ccccc1. The minimum atomic E-state index is 0.0423. The van der Waals surface area contributed by atoms with Gasteiger partial charge in [-0.15, -0.1) is 11.3 Å². The highest BCUT2D eigenvalue weighted by Crippen LogP contribution is 2.34. The van der Waals surface area contributed by atoms with Crippen LogP contribution in [0.2, 0.25) is 0 Å². The Morgan fingerprint density at radius 1 is 1.33 bits per heavy atom. The number of rotatable bonds is 4. The molecule has 1 aliphatic rings. The minimum Gasteiger partial charge on any atom is -0.330 e. The Labute approximate surface area is 128 Å². The van der Waals surface area contributed by atoms with Gasteiger partial charge in [0.25, 0.3) is 0 Å². The number of nitrogens with zero attached hydrogens (tertiary/aromatic N) is 1. The van der Waals surface area contributed by atoms with Crippen LogP contribution in [-0.2, 0) is 4.79 Å². The monoisotopic (exact) mass is 301 g/mol. The zero-order valence-electron chi connectivity index (χ0n) is 11.8. The summed E-state index contributed by atoms with van der Waals surface area (Å²) in [5, 5.41) is 3.88. The Balaban J connectivity index is 1.77. The van der Waals surface area contributed by atoms with E-state index >= 15 is 0 Å². The molecule has 21 heavy (non-hydrogen) atoms. The summed E-state index contributed by atoms with van der Waals surface area (Å²) < 4.78 is 0. The van der Waals surface area contributed by atoms with Gasteiger partial charge in [0, 0.05) is 11.5 Å². The molecule has 0 aliphatic heterocycles. The van der Waals surface area contributed by atoms with Crippen molar-refractivity contribution < 1.29 is 4.79 Å². The van der Waals surface area contributed by atoms with Gasteiger partial charge in [-0.3, -0.25) is 4.79 Å². The normalized spacial score (nSPS) is 21.4. The number of anilines is 1. The molecule has 1 saturated carbocycles. The predicted molar refractivity (Wildman–Crippen MR) is 86.1 cm³/mol. The quantitative estimate of drug-likeness (QED) is 0.911. The van der Waals surface area contributed by atoms with Crippen LogP contribution in [0, 0.1) is 11.8 Å². The standard InChI is InChI=1S/C16H19N3OS/c17-9-12-7-4-8-13(12)15(20)19-16-14(18-10-21-16)11-5-2-1-3-6-11/h1-3,5-6,10,12-13H,4,7-9,17H2,(H,19,20)/t12-,13-/m1/s1. The van der Waals surface area contributed by atoms with Crippen LogP contribution in [-0.4, -0.2) is 17.4 Å². The first kappa shape index (κ1) is 14.2. The number of nitrogens with two attached hydrogens (primary N) is 1. The van der Waals surface area contributed by atoms with Crippen molar-refractivity contribution in [1.29, 1.82) is 0 Å². The summed E-state index contributed by atoms with van der Waals surface area (Å²) in [6, 6.07) is 9.92. The second-order valence-corrected chi connectivity index (χ2v) is 6.27. The number of thiazole rings is 1. The number of hydrogen-bond acceptors (Lipinski definition) is 4. The van der Waals surface area contributed by atoms with Gasteiger partial charge in [-0.1, -0.05) is 36.8 Å². The zero-order valence-corrected chi connectivity index (χ0v) is 12.6. The van der Waals surface area contributed by atoms with Crippen molar-refractivity contribution >= 4 is 22.2 Å². The van der Waals surface area contributed by atoms with Gasteiger partial charge in [0.1, 0.15) is 10.7 Å². The minimum absolute atomic E-state index is 0.0423. The lowest BCUT2D eigenvalue weighted by Gasteiger charge is -2.17. The lowest BCUT2D eigenvalue weighted by molar-refractivity contribution is -0.120. The van der Waals surface area contributed by atoms with Crippen LogP contribution in [0.3, 0.4) is 0 Å². The van der Waals surface area contributed by atoms with Gasteiger partial charge in [-0.05, 0) is 25.3 Å². The van der Waals surface area contributed by atoms with Crippen molar-refractivity contribution in [2.45, 2.75) is 19.3 Å². The first-order valence-corrected chi connectivity index (χ1v) is 8.17. The van der Waals surface area contributed by atoms with Crippen LogP contribution in [0.25, 0.3) is 11.3 Å². The van der Waals surface area contributed by atoms with E-state index in [1.165, 1.54) is 11.3 Å². The third kappa shape index (κ3) is 2.99. The maximum atomic E-state index is 12.5. The number of amides is 1. The highest BCUT2D eigenvalue weighted by atomic mass is 32.1. The number of carbonyl (C=O) groups excluding carboxylic acids is 1. The molecular formula is C16H19N3OS. The van der Waals surface area contributed by atoms with Crippen molar-refractivity contribution in [3.8, 4) is 11.3 Å². The van der Waals surface area contributed by atoms with E-state index in [4.69, 9.17) is 5.73 Å². The van der Waals surface area contributed by atoms with E-state index in [-0.39, 0.29) is 11.8 Å². The summed E-state index contributed by atoms with van der Waals surface area (Å²) in [4.78, 5) is 16.9. The Morgan fingerprint density at radius 2 is 2.14 bits per heavy atom. The third-order valence-corrected chi connectivity index (χ3v) is 4.89. The molecule has 1 aliphatic carbocycles. The average molecular weight is 301 g/mol. The second kappa shape index (κ2) is 6.37. The molecule has 1 aromatic carbocycles. The summed E-state index contributed by atoms with van der Waals surface area (Å²) >= 11 is 1.47. The highest BCUT2D eigenvalue weighted by molar-refractivity contribution is 7.14. The van der Waals surface area contributed by atoms with Gasteiger partial charge >= 0.3 is 0 Å². The zero-order chi connectivity index (χ0) is 14.7. The summed E-state index contributed by atoms with van der Waals surface area (Å²) in [6.07, 6.45) is 3.09. The van der Waals surface area contributed by atoms with Crippen LogP contribution in [0.4, 0.5) is 5.00 Å². The number of hydrogen-bond donors (Lipinski definition) is 2. The Morgan fingerprint density at radius 3 is 2.90 bits per heavy atom. The van der Waals surface area contributed by atoms with Crippen molar-refractivity contribution in [2.75, 3.05) is 11.9 Å². The van der Waals surface area contributed by atoms with E-state index in [0.717, 1.165) is 35.5 Å². The Hall–Kier alpha value is -1.72. The van der Waals surface area contributed by atoms with Gasteiger partial charge in [0.2, 0.25) is 5.91 Å². The molecule has 1 amide bonds. The van der Waals surface area contributed by atoms with Crippen LogP contribution in [0.1, 0.15) is 19.3 Å². The second-order valence-electron chi connectivity index (χ2n) is 5.42. The molecular weight excluding hydrogens is 282 g/mol. The van der Waals surface area contributed by atoms with Crippen molar-refractivity contribution in [3.63, 3.8) is 0 Å². The molecule has 3 N–H and O–H groups in total. The summed E-state index contributed by atoms with van der Waals surface area (Å²) in [5.41, 5.74) is 9.41. The summed E-state index contributed by atoms with van der Waals surface area (Å²) in [6.45, 7) is 0.590. The maximum absolute atomic E-state index is 12.5. The average Bonchev–Trinajstić information content (AvgIpc) is 3.16. The molecule has 1 heterocycles. The van der Waals surface area contributed by atoms with Gasteiger partial charge < -0.3 is 11.1 Å². The molecule has 0 saturated heterocycles.